The molecule has 1 aromatic carbocycles. The monoisotopic (exact) mass is 376 g/mol. The van der Waals surface area contributed by atoms with Crippen molar-refractivity contribution in [2.75, 3.05) is 19.8 Å². The number of carbonyl (C=O) groups excluding carboxylic acids is 2. The molecule has 27 heavy (non-hydrogen) atoms. The molecule has 1 aliphatic carbocycles. The molecule has 2 rings (SSSR count). The normalized spacial score (nSPS) is 13.4. The number of benzene rings is 1. The van der Waals surface area contributed by atoms with E-state index in [1.165, 1.54) is 30.5 Å². The first-order valence-corrected chi connectivity index (χ1v) is 9.04. The van der Waals surface area contributed by atoms with E-state index in [0.717, 1.165) is 25.3 Å². The fourth-order valence-corrected chi connectivity index (χ4v) is 2.82. The zero-order valence-electron chi connectivity index (χ0n) is 15.4. The van der Waals surface area contributed by atoms with E-state index in [1.807, 2.05) is 0 Å². The van der Waals surface area contributed by atoms with Gasteiger partial charge in [0.2, 0.25) is 0 Å². The van der Waals surface area contributed by atoms with Crippen LogP contribution in [0.2, 0.25) is 0 Å². The van der Waals surface area contributed by atoms with E-state index in [9.17, 15) is 19.7 Å². The molecule has 1 aromatic rings. The third kappa shape index (κ3) is 6.40. The summed E-state index contributed by atoms with van der Waals surface area (Å²) in [5, 5.41) is 13.8. The number of ether oxygens (including phenoxy) is 2. The van der Waals surface area contributed by atoms with E-state index in [2.05, 4.69) is 11.4 Å². The van der Waals surface area contributed by atoms with Crippen molar-refractivity contribution in [1.82, 2.24) is 5.32 Å². The molecule has 0 aliphatic heterocycles. The van der Waals surface area contributed by atoms with Gasteiger partial charge in [0.15, 0.2) is 12.4 Å². The number of amides is 1. The molecule has 0 bridgehead atoms. The van der Waals surface area contributed by atoms with Crippen molar-refractivity contribution >= 4 is 17.6 Å². The van der Waals surface area contributed by atoms with E-state index in [-0.39, 0.29) is 23.6 Å². The van der Waals surface area contributed by atoms with Crippen molar-refractivity contribution < 1.29 is 24.0 Å². The Hall–Kier alpha value is -2.90. The second-order valence-electron chi connectivity index (χ2n) is 6.16. The van der Waals surface area contributed by atoms with Crippen molar-refractivity contribution in [2.45, 2.75) is 39.0 Å². The Morgan fingerprint density at radius 1 is 1.30 bits per heavy atom. The van der Waals surface area contributed by atoms with Gasteiger partial charge in [0.05, 0.1) is 17.1 Å². The smallest absolute Gasteiger partial charge is 0.338 e. The maximum atomic E-state index is 12.0. The Bertz CT molecular complexity index is 729. The predicted octanol–water partition coefficient (Wildman–Crippen LogP) is 3.16. The average molecular weight is 376 g/mol. The van der Waals surface area contributed by atoms with Crippen molar-refractivity contribution in [3.8, 4) is 5.75 Å². The summed E-state index contributed by atoms with van der Waals surface area (Å²) in [7, 11) is 0. The summed E-state index contributed by atoms with van der Waals surface area (Å²) < 4.78 is 10.1. The van der Waals surface area contributed by atoms with Crippen molar-refractivity contribution in [3.05, 3.63) is 45.5 Å². The Balaban J connectivity index is 1.82. The number of nitrogens with zero attached hydrogens (tertiary/aromatic N) is 1. The lowest BCUT2D eigenvalue weighted by molar-refractivity contribution is -0.385. The molecular formula is C19H24N2O6. The number of nitrogens with one attached hydrogen (secondary N) is 1. The zero-order chi connectivity index (χ0) is 19.6. The molecule has 1 aliphatic rings. The van der Waals surface area contributed by atoms with Gasteiger partial charge in [-0.3, -0.25) is 14.9 Å². The lowest BCUT2D eigenvalue weighted by Crippen LogP contribution is -2.29. The number of nitro groups is 1. The van der Waals surface area contributed by atoms with Crippen LogP contribution in [0, 0.1) is 10.1 Å². The van der Waals surface area contributed by atoms with Gasteiger partial charge in [-0.05, 0) is 51.2 Å². The molecule has 8 nitrogen and oxygen atoms in total. The SMILES string of the molecule is CCOc1ccc(C(=O)OCC(=O)NCCC2=CCCCC2)cc1[N+](=O)[O-]. The first-order chi connectivity index (χ1) is 13.0. The molecule has 0 atom stereocenters. The van der Waals surface area contributed by atoms with Crippen LogP contribution in [0.4, 0.5) is 5.69 Å². The highest BCUT2D eigenvalue weighted by molar-refractivity contribution is 5.92. The van der Waals surface area contributed by atoms with Crippen LogP contribution in [-0.4, -0.2) is 36.6 Å². The largest absolute Gasteiger partial charge is 0.487 e. The van der Waals surface area contributed by atoms with E-state index in [4.69, 9.17) is 9.47 Å². The number of rotatable bonds is 9. The first-order valence-electron chi connectivity index (χ1n) is 9.04. The van der Waals surface area contributed by atoms with Gasteiger partial charge in [-0.2, -0.15) is 0 Å². The van der Waals surface area contributed by atoms with Crippen LogP contribution in [0.5, 0.6) is 5.75 Å². The second kappa shape index (κ2) is 10.3. The highest BCUT2D eigenvalue weighted by atomic mass is 16.6. The average Bonchev–Trinajstić information content (AvgIpc) is 2.67. The fraction of sp³-hybridized carbons (Fsp3) is 0.474. The second-order valence-corrected chi connectivity index (χ2v) is 6.16. The summed E-state index contributed by atoms with van der Waals surface area (Å²) >= 11 is 0. The van der Waals surface area contributed by atoms with Crippen molar-refractivity contribution in [3.63, 3.8) is 0 Å². The van der Waals surface area contributed by atoms with Crippen LogP contribution in [0.3, 0.4) is 0 Å². The summed E-state index contributed by atoms with van der Waals surface area (Å²) in [5.74, 6) is -1.12. The van der Waals surface area contributed by atoms with Crippen LogP contribution in [0.25, 0.3) is 0 Å². The molecule has 1 amide bonds. The third-order valence-electron chi connectivity index (χ3n) is 4.18. The predicted molar refractivity (Wildman–Crippen MR) is 98.7 cm³/mol. The first kappa shape index (κ1) is 20.4. The Kier molecular flexibility index (Phi) is 7.79. The molecule has 0 fully saturated rings. The molecule has 0 heterocycles. The molecule has 0 spiro atoms. The number of carbonyl (C=O) groups is 2. The van der Waals surface area contributed by atoms with Gasteiger partial charge in [0.1, 0.15) is 0 Å². The molecule has 0 saturated carbocycles. The number of esters is 1. The minimum absolute atomic E-state index is 0.00897. The van der Waals surface area contributed by atoms with Gasteiger partial charge in [-0.25, -0.2) is 4.79 Å². The topological polar surface area (TPSA) is 108 Å². The lowest BCUT2D eigenvalue weighted by atomic mass is 9.97. The minimum Gasteiger partial charge on any atom is -0.487 e. The molecule has 0 aromatic heterocycles. The molecule has 0 radical (unpaired) electrons. The van der Waals surface area contributed by atoms with Crippen molar-refractivity contribution in [1.29, 1.82) is 0 Å². The van der Waals surface area contributed by atoms with Crippen LogP contribution in [-0.2, 0) is 9.53 Å². The Morgan fingerprint density at radius 2 is 2.11 bits per heavy atom. The maximum absolute atomic E-state index is 12.0. The fourth-order valence-electron chi connectivity index (χ4n) is 2.82. The maximum Gasteiger partial charge on any atom is 0.338 e. The van der Waals surface area contributed by atoms with Crippen LogP contribution in [0.15, 0.2) is 29.8 Å². The van der Waals surface area contributed by atoms with Crippen LogP contribution in [0.1, 0.15) is 49.4 Å². The summed E-state index contributed by atoms with van der Waals surface area (Å²) in [4.78, 5) is 34.3. The van der Waals surface area contributed by atoms with Gasteiger partial charge in [-0.15, -0.1) is 0 Å². The van der Waals surface area contributed by atoms with Gasteiger partial charge in [0.25, 0.3) is 5.91 Å². The number of hydrogen-bond donors (Lipinski definition) is 1. The third-order valence-corrected chi connectivity index (χ3v) is 4.18. The zero-order valence-corrected chi connectivity index (χ0v) is 15.4. The number of hydrogen-bond acceptors (Lipinski definition) is 6. The summed E-state index contributed by atoms with van der Waals surface area (Å²) in [6, 6.07) is 3.80. The van der Waals surface area contributed by atoms with Gasteiger partial charge in [0, 0.05) is 12.6 Å². The standard InChI is InChI=1S/C19H24N2O6/c1-2-26-17-9-8-15(12-16(17)21(24)25)19(23)27-13-18(22)20-11-10-14-6-4-3-5-7-14/h6,8-9,12H,2-5,7,10-11,13H2,1H3,(H,20,22). The van der Waals surface area contributed by atoms with E-state index < -0.39 is 23.4 Å². The van der Waals surface area contributed by atoms with Crippen LogP contribution >= 0.6 is 0 Å². The minimum atomic E-state index is -0.800. The molecule has 1 N–H and O–H groups in total. The van der Waals surface area contributed by atoms with Crippen LogP contribution < -0.4 is 10.1 Å². The van der Waals surface area contributed by atoms with E-state index in [1.54, 1.807) is 6.92 Å². The Labute approximate surface area is 157 Å². The van der Waals surface area contributed by atoms with Gasteiger partial charge in [-0.1, -0.05) is 11.6 Å². The van der Waals surface area contributed by atoms with E-state index >= 15 is 0 Å². The summed E-state index contributed by atoms with van der Waals surface area (Å²) in [5.41, 5.74) is 1.02. The van der Waals surface area contributed by atoms with Gasteiger partial charge >= 0.3 is 11.7 Å². The summed E-state index contributed by atoms with van der Waals surface area (Å²) in [6.45, 7) is 2.03. The Morgan fingerprint density at radius 3 is 2.78 bits per heavy atom. The number of allylic oxidation sites excluding steroid dienone is 1. The quantitative estimate of drug-likeness (QED) is 0.307. The highest BCUT2D eigenvalue weighted by Gasteiger charge is 2.20. The van der Waals surface area contributed by atoms with Crippen molar-refractivity contribution in [2.24, 2.45) is 0 Å². The number of nitro benzene ring substituents is 1. The summed E-state index contributed by atoms with van der Waals surface area (Å²) in [6.07, 6.45) is 7.58. The highest BCUT2D eigenvalue weighted by Crippen LogP contribution is 2.28. The molecule has 8 heteroatoms. The molecule has 146 valence electrons. The molecule has 0 unspecified atom stereocenters. The van der Waals surface area contributed by atoms with E-state index in [0.29, 0.717) is 6.54 Å². The van der Waals surface area contributed by atoms with Gasteiger partial charge < -0.3 is 14.8 Å². The molecular weight excluding hydrogens is 352 g/mol. The lowest BCUT2D eigenvalue weighted by Gasteiger charge is -2.13. The molecule has 0 saturated heterocycles.